The van der Waals surface area contributed by atoms with Crippen LogP contribution in [0.4, 0.5) is 18.9 Å². The third-order valence-corrected chi connectivity index (χ3v) is 4.71. The molecule has 0 aliphatic rings. The standard InChI is InChI=1S/C20H18ClF3N4O3/c1-27(9-10-31-16-6-4-3-5-15(16)30-2)14-12-26-28(19(29)18(14)21)17-8-7-13(11-25-17)20(22,23)24/h3-8,11-12H,9-10H2,1-2H3. The van der Waals surface area contributed by atoms with Crippen LogP contribution in [0.15, 0.2) is 53.6 Å². The van der Waals surface area contributed by atoms with Gasteiger partial charge in [0.1, 0.15) is 11.6 Å². The molecule has 0 unspecified atom stereocenters. The number of anilines is 1. The van der Waals surface area contributed by atoms with Gasteiger partial charge in [-0.15, -0.1) is 0 Å². The van der Waals surface area contributed by atoms with Gasteiger partial charge in [0.15, 0.2) is 17.3 Å². The fourth-order valence-corrected chi connectivity index (χ4v) is 2.96. The zero-order valence-electron chi connectivity index (χ0n) is 16.6. The fourth-order valence-electron chi connectivity index (χ4n) is 2.68. The van der Waals surface area contributed by atoms with E-state index in [4.69, 9.17) is 21.1 Å². The van der Waals surface area contributed by atoms with Crippen molar-refractivity contribution >= 4 is 17.3 Å². The van der Waals surface area contributed by atoms with Crippen LogP contribution >= 0.6 is 11.6 Å². The molecule has 3 rings (SSSR count). The number of nitrogens with zero attached hydrogens (tertiary/aromatic N) is 4. The van der Waals surface area contributed by atoms with Crippen molar-refractivity contribution in [3.05, 3.63) is 69.7 Å². The summed E-state index contributed by atoms with van der Waals surface area (Å²) in [6, 6.07) is 9.05. The first-order valence-corrected chi connectivity index (χ1v) is 9.38. The molecule has 0 fully saturated rings. The van der Waals surface area contributed by atoms with E-state index in [1.54, 1.807) is 31.2 Å². The maximum Gasteiger partial charge on any atom is 0.417 e. The minimum absolute atomic E-state index is 0.0754. The molecule has 0 aliphatic heterocycles. The molecule has 0 atom stereocenters. The molecule has 11 heteroatoms. The lowest BCUT2D eigenvalue weighted by atomic mass is 10.3. The van der Waals surface area contributed by atoms with E-state index in [9.17, 15) is 18.0 Å². The van der Waals surface area contributed by atoms with E-state index in [0.717, 1.165) is 16.8 Å². The minimum atomic E-state index is -4.53. The molecule has 7 nitrogen and oxygen atoms in total. The van der Waals surface area contributed by atoms with E-state index >= 15 is 0 Å². The van der Waals surface area contributed by atoms with Crippen LogP contribution in [-0.2, 0) is 6.18 Å². The summed E-state index contributed by atoms with van der Waals surface area (Å²) < 4.78 is 49.8. The zero-order valence-corrected chi connectivity index (χ0v) is 17.3. The Morgan fingerprint density at radius 3 is 2.45 bits per heavy atom. The Morgan fingerprint density at radius 1 is 1.13 bits per heavy atom. The van der Waals surface area contributed by atoms with E-state index in [1.165, 1.54) is 6.20 Å². The second-order valence-electron chi connectivity index (χ2n) is 6.38. The van der Waals surface area contributed by atoms with Crippen LogP contribution in [0.2, 0.25) is 5.02 Å². The number of aromatic nitrogens is 3. The summed E-state index contributed by atoms with van der Waals surface area (Å²) in [4.78, 5) is 17.9. The van der Waals surface area contributed by atoms with Crippen molar-refractivity contribution in [2.75, 3.05) is 32.2 Å². The van der Waals surface area contributed by atoms with E-state index in [0.29, 0.717) is 29.9 Å². The molecule has 0 bridgehead atoms. The third kappa shape index (κ3) is 5.08. The Morgan fingerprint density at radius 2 is 1.84 bits per heavy atom. The Kier molecular flexibility index (Phi) is 6.69. The summed E-state index contributed by atoms with van der Waals surface area (Å²) >= 11 is 6.21. The number of hydrogen-bond acceptors (Lipinski definition) is 6. The van der Waals surface area contributed by atoms with Gasteiger partial charge in [-0.05, 0) is 24.3 Å². The van der Waals surface area contributed by atoms with Crippen LogP contribution in [-0.4, -0.2) is 42.1 Å². The number of halogens is 4. The van der Waals surface area contributed by atoms with Crippen molar-refractivity contribution in [3.8, 4) is 17.3 Å². The average Bonchev–Trinajstić information content (AvgIpc) is 2.75. The average molecular weight is 455 g/mol. The Balaban J connectivity index is 1.73. The van der Waals surface area contributed by atoms with Gasteiger partial charge in [-0.2, -0.15) is 23.0 Å². The number of likely N-dealkylation sites (N-methyl/N-ethyl adjacent to an activating group) is 1. The van der Waals surface area contributed by atoms with E-state index in [1.807, 2.05) is 12.1 Å². The maximum absolute atomic E-state index is 12.7. The highest BCUT2D eigenvalue weighted by Gasteiger charge is 2.30. The summed E-state index contributed by atoms with van der Waals surface area (Å²) in [5.41, 5.74) is -1.29. The van der Waals surface area contributed by atoms with E-state index < -0.39 is 17.3 Å². The number of benzene rings is 1. The van der Waals surface area contributed by atoms with E-state index in [-0.39, 0.29) is 17.4 Å². The van der Waals surface area contributed by atoms with Crippen LogP contribution in [0.1, 0.15) is 5.56 Å². The van der Waals surface area contributed by atoms with Crippen molar-refractivity contribution < 1.29 is 22.6 Å². The predicted octanol–water partition coefficient (Wildman–Crippen LogP) is 3.82. The molecule has 31 heavy (non-hydrogen) atoms. The molecule has 0 aliphatic carbocycles. The third-order valence-electron chi connectivity index (χ3n) is 4.36. The summed E-state index contributed by atoms with van der Waals surface area (Å²) in [7, 11) is 3.24. The highest BCUT2D eigenvalue weighted by molar-refractivity contribution is 6.33. The molecule has 3 aromatic rings. The van der Waals surface area contributed by atoms with Gasteiger partial charge in [0.25, 0.3) is 5.56 Å². The number of pyridine rings is 1. The van der Waals surface area contributed by atoms with Gasteiger partial charge < -0.3 is 14.4 Å². The smallest absolute Gasteiger partial charge is 0.417 e. The summed E-state index contributed by atoms with van der Waals surface area (Å²) in [6.07, 6.45) is -2.56. The van der Waals surface area contributed by atoms with Gasteiger partial charge >= 0.3 is 6.18 Å². The number of alkyl halides is 3. The number of para-hydroxylation sites is 2. The lowest BCUT2D eigenvalue weighted by Gasteiger charge is -2.21. The molecule has 0 N–H and O–H groups in total. The normalized spacial score (nSPS) is 11.3. The molecule has 2 aromatic heterocycles. The number of ether oxygens (including phenoxy) is 2. The molecule has 0 saturated heterocycles. The van der Waals surface area contributed by atoms with Crippen molar-refractivity contribution in [2.45, 2.75) is 6.18 Å². The minimum Gasteiger partial charge on any atom is -0.493 e. The summed E-state index contributed by atoms with van der Waals surface area (Å²) in [6.45, 7) is 0.651. The molecule has 1 aromatic carbocycles. The quantitative estimate of drug-likeness (QED) is 0.540. The monoisotopic (exact) mass is 454 g/mol. The number of hydrogen-bond donors (Lipinski definition) is 0. The lowest BCUT2D eigenvalue weighted by molar-refractivity contribution is -0.137. The first kappa shape index (κ1) is 22.4. The highest BCUT2D eigenvalue weighted by Crippen LogP contribution is 2.29. The van der Waals surface area contributed by atoms with Crippen molar-refractivity contribution in [2.24, 2.45) is 0 Å². The highest BCUT2D eigenvalue weighted by atomic mass is 35.5. The second kappa shape index (κ2) is 9.25. The van der Waals surface area contributed by atoms with Gasteiger partial charge in [-0.25, -0.2) is 4.98 Å². The van der Waals surface area contributed by atoms with Crippen LogP contribution in [0, 0.1) is 0 Å². The van der Waals surface area contributed by atoms with Crippen LogP contribution in [0.3, 0.4) is 0 Å². The van der Waals surface area contributed by atoms with Crippen molar-refractivity contribution in [3.63, 3.8) is 0 Å². The molecule has 0 spiro atoms. The first-order chi connectivity index (χ1) is 14.7. The van der Waals surface area contributed by atoms with Crippen molar-refractivity contribution in [1.82, 2.24) is 14.8 Å². The molecule has 0 radical (unpaired) electrons. The maximum atomic E-state index is 12.7. The summed E-state index contributed by atoms with van der Waals surface area (Å²) in [5, 5.41) is 3.85. The fraction of sp³-hybridized carbons (Fsp3) is 0.250. The topological polar surface area (TPSA) is 69.5 Å². The Hall–Kier alpha value is -3.27. The van der Waals surface area contributed by atoms with Gasteiger partial charge in [-0.1, -0.05) is 23.7 Å². The largest absolute Gasteiger partial charge is 0.493 e. The Bertz CT molecular complexity index is 1100. The van der Waals surface area contributed by atoms with Gasteiger partial charge in [0.05, 0.1) is 31.1 Å². The van der Waals surface area contributed by atoms with Crippen LogP contribution < -0.4 is 19.9 Å². The molecule has 0 amide bonds. The molecular formula is C20H18ClF3N4O3. The predicted molar refractivity (Wildman–Crippen MR) is 109 cm³/mol. The summed E-state index contributed by atoms with van der Waals surface area (Å²) in [5.74, 6) is 1.09. The van der Waals surface area contributed by atoms with Gasteiger partial charge in [0.2, 0.25) is 0 Å². The number of rotatable bonds is 7. The van der Waals surface area contributed by atoms with Gasteiger partial charge in [-0.3, -0.25) is 4.79 Å². The Labute approximate surface area is 180 Å². The molecule has 2 heterocycles. The van der Waals surface area contributed by atoms with Gasteiger partial charge in [0, 0.05) is 13.2 Å². The SMILES string of the molecule is COc1ccccc1OCCN(C)c1cnn(-c2ccc(C(F)(F)F)cn2)c(=O)c1Cl. The second-order valence-corrected chi connectivity index (χ2v) is 6.76. The van der Waals surface area contributed by atoms with Crippen molar-refractivity contribution in [1.29, 1.82) is 0 Å². The first-order valence-electron chi connectivity index (χ1n) is 9.00. The number of methoxy groups -OCH3 is 1. The van der Waals surface area contributed by atoms with Crippen LogP contribution in [0.25, 0.3) is 5.82 Å². The molecule has 0 saturated carbocycles. The van der Waals surface area contributed by atoms with E-state index in [2.05, 4.69) is 10.1 Å². The molecular weight excluding hydrogens is 437 g/mol. The zero-order chi connectivity index (χ0) is 22.6. The lowest BCUT2D eigenvalue weighted by Crippen LogP contribution is -2.29. The molecule has 164 valence electrons. The van der Waals surface area contributed by atoms with Crippen LogP contribution in [0.5, 0.6) is 11.5 Å².